The first-order valence-electron chi connectivity index (χ1n) is 15.4. The molecule has 0 radical (unpaired) electrons. The topological polar surface area (TPSA) is 219 Å². The second kappa shape index (κ2) is 12.2. The van der Waals surface area contributed by atoms with Crippen LogP contribution in [0.2, 0.25) is 0 Å². The Morgan fingerprint density at radius 1 is 0.915 bits per heavy atom. The van der Waals surface area contributed by atoms with Crippen molar-refractivity contribution in [2.75, 3.05) is 7.11 Å². The van der Waals surface area contributed by atoms with Crippen molar-refractivity contribution in [1.82, 2.24) is 0 Å². The number of phenolic OH excluding ortho intramolecular Hbond substituents is 2. The third-order valence-corrected chi connectivity index (χ3v) is 9.59. The molecule has 0 aromatic heterocycles. The zero-order chi connectivity index (χ0) is 34.1. The Balaban J connectivity index is 1.33. The van der Waals surface area contributed by atoms with Crippen LogP contribution >= 0.6 is 0 Å². The maximum atomic E-state index is 13.7. The number of aliphatic hydroxyl groups excluding tert-OH is 3. The van der Waals surface area contributed by atoms with Gasteiger partial charge in [0.2, 0.25) is 5.78 Å². The summed E-state index contributed by atoms with van der Waals surface area (Å²) in [5.74, 6) is -4.82. The van der Waals surface area contributed by atoms with E-state index in [4.69, 9.17) is 23.7 Å². The third kappa shape index (κ3) is 5.62. The van der Waals surface area contributed by atoms with Crippen molar-refractivity contribution in [3.8, 4) is 11.5 Å². The highest BCUT2D eigenvalue weighted by molar-refractivity contribution is 6.30. The Labute approximate surface area is 269 Å². The molecular formula is C33H38O14. The van der Waals surface area contributed by atoms with Crippen LogP contribution in [0.5, 0.6) is 11.5 Å². The SMILES string of the molecule is COC(=O)[C@@H]1c2cc3c(c(O)c2[C@@H](O[C@@H]2C[C@H](O)[C@H](O[C@@H]4C[C@H](O)[C@H](O)[C@H](C)O4)[C@H](C)O2)C[C@@]1(C)O)C(=O)c1c(O)cccc1C3=O. The number of rotatable bonds is 5. The first-order chi connectivity index (χ1) is 22.1. The van der Waals surface area contributed by atoms with Gasteiger partial charge >= 0.3 is 5.97 Å². The van der Waals surface area contributed by atoms with Gasteiger partial charge in [-0.2, -0.15) is 0 Å². The number of carbonyl (C=O) groups is 3. The van der Waals surface area contributed by atoms with Crippen LogP contribution in [-0.2, 0) is 28.5 Å². The lowest BCUT2D eigenvalue weighted by molar-refractivity contribution is -0.317. The molecule has 14 heteroatoms. The minimum absolute atomic E-state index is 0.00836. The minimum Gasteiger partial charge on any atom is -0.507 e. The summed E-state index contributed by atoms with van der Waals surface area (Å²) in [5, 5.41) is 64.9. The van der Waals surface area contributed by atoms with Gasteiger partial charge in [0, 0.05) is 36.0 Å². The summed E-state index contributed by atoms with van der Waals surface area (Å²) in [6.45, 7) is 4.59. The number of hydrogen-bond donors (Lipinski definition) is 6. The Morgan fingerprint density at radius 2 is 1.57 bits per heavy atom. The van der Waals surface area contributed by atoms with Crippen molar-refractivity contribution < 1.29 is 68.7 Å². The van der Waals surface area contributed by atoms with Crippen LogP contribution in [0.1, 0.15) is 95.0 Å². The molecule has 254 valence electrons. The van der Waals surface area contributed by atoms with E-state index in [0.717, 1.165) is 7.11 Å². The number of benzene rings is 2. The van der Waals surface area contributed by atoms with Crippen molar-refractivity contribution in [2.24, 2.45) is 0 Å². The normalized spacial score (nSPS) is 36.7. The highest BCUT2D eigenvalue weighted by atomic mass is 16.7. The van der Waals surface area contributed by atoms with Gasteiger partial charge in [-0.15, -0.1) is 0 Å². The molecule has 4 aliphatic rings. The molecule has 2 aromatic carbocycles. The molecule has 0 bridgehead atoms. The molecule has 0 spiro atoms. The summed E-state index contributed by atoms with van der Waals surface area (Å²) < 4.78 is 28.8. The van der Waals surface area contributed by atoms with E-state index < -0.39 is 95.9 Å². The molecule has 6 N–H and O–H groups in total. The molecule has 2 aliphatic carbocycles. The van der Waals surface area contributed by atoms with Gasteiger partial charge in [-0.3, -0.25) is 14.4 Å². The van der Waals surface area contributed by atoms with Crippen molar-refractivity contribution in [1.29, 1.82) is 0 Å². The molecule has 6 rings (SSSR count). The van der Waals surface area contributed by atoms with E-state index in [1.54, 1.807) is 13.8 Å². The van der Waals surface area contributed by atoms with Crippen molar-refractivity contribution >= 4 is 17.5 Å². The van der Waals surface area contributed by atoms with E-state index in [0.29, 0.717) is 0 Å². The summed E-state index contributed by atoms with van der Waals surface area (Å²) in [4.78, 5) is 40.3. The summed E-state index contributed by atoms with van der Waals surface area (Å²) >= 11 is 0. The lowest BCUT2D eigenvalue weighted by Gasteiger charge is -2.45. The van der Waals surface area contributed by atoms with Crippen molar-refractivity contribution in [3.63, 3.8) is 0 Å². The fraction of sp³-hybridized carbons (Fsp3) is 0.545. The number of aromatic hydroxyl groups is 2. The van der Waals surface area contributed by atoms with Crippen LogP contribution in [0.3, 0.4) is 0 Å². The van der Waals surface area contributed by atoms with Crippen LogP contribution in [0.4, 0.5) is 0 Å². The summed E-state index contributed by atoms with van der Waals surface area (Å²) in [6, 6.07) is 5.28. The largest absolute Gasteiger partial charge is 0.507 e. The van der Waals surface area contributed by atoms with Crippen LogP contribution in [0, 0.1) is 0 Å². The predicted octanol–water partition coefficient (Wildman–Crippen LogP) is 1.08. The number of methoxy groups -OCH3 is 1. The fourth-order valence-corrected chi connectivity index (χ4v) is 7.25. The number of fused-ring (bicyclic) bond motifs is 3. The van der Waals surface area contributed by atoms with Gasteiger partial charge in [0.1, 0.15) is 29.6 Å². The van der Waals surface area contributed by atoms with Crippen LogP contribution < -0.4 is 0 Å². The number of aliphatic hydroxyl groups is 4. The van der Waals surface area contributed by atoms with Gasteiger partial charge in [0.25, 0.3) is 0 Å². The van der Waals surface area contributed by atoms with Gasteiger partial charge in [-0.1, -0.05) is 12.1 Å². The highest BCUT2D eigenvalue weighted by Gasteiger charge is 2.52. The maximum Gasteiger partial charge on any atom is 0.316 e. The van der Waals surface area contributed by atoms with E-state index in [9.17, 15) is 45.0 Å². The predicted molar refractivity (Wildman–Crippen MR) is 158 cm³/mol. The molecule has 2 heterocycles. The third-order valence-electron chi connectivity index (χ3n) is 9.59. The lowest BCUT2D eigenvalue weighted by atomic mass is 9.68. The zero-order valence-electron chi connectivity index (χ0n) is 26.2. The molecule has 0 saturated carbocycles. The lowest BCUT2D eigenvalue weighted by Crippen LogP contribution is -2.54. The number of hydrogen-bond acceptors (Lipinski definition) is 14. The van der Waals surface area contributed by atoms with Gasteiger partial charge in [0.15, 0.2) is 18.4 Å². The first-order valence-corrected chi connectivity index (χ1v) is 15.4. The number of ketones is 2. The first kappa shape index (κ1) is 33.4. The van der Waals surface area contributed by atoms with Crippen LogP contribution in [-0.4, -0.2) is 110 Å². The van der Waals surface area contributed by atoms with E-state index >= 15 is 0 Å². The zero-order valence-corrected chi connectivity index (χ0v) is 26.2. The highest BCUT2D eigenvalue weighted by Crippen LogP contribution is 2.53. The Kier molecular flexibility index (Phi) is 8.68. The number of carbonyl (C=O) groups excluding carboxylic acids is 3. The summed E-state index contributed by atoms with van der Waals surface area (Å²) in [6.07, 6.45) is -9.41. The molecule has 47 heavy (non-hydrogen) atoms. The van der Waals surface area contributed by atoms with E-state index in [2.05, 4.69) is 0 Å². The molecule has 14 nitrogen and oxygen atoms in total. The van der Waals surface area contributed by atoms with Gasteiger partial charge < -0.3 is 54.3 Å². The average molecular weight is 659 g/mol. The molecule has 0 amide bonds. The second-order valence-electron chi connectivity index (χ2n) is 12.9. The standard InChI is InChI=1S/C33H38O14/c1-12-27(37)18(35)9-22(44-12)47-31-13(2)45-21(10-19(31)36)46-20-11-33(3,42)26(32(41)43-4)15-8-16-25(30(40)24(15)20)29(39)23-14(28(16)38)6-5-7-17(23)34/h5-8,12-13,18-22,26-27,31,34-37,40,42H,9-11H2,1-4H3/t12-,13-,18-,19-,20-,21+,22+,26-,27+,31+,33+/m0/s1. The van der Waals surface area contributed by atoms with Crippen LogP contribution in [0.15, 0.2) is 24.3 Å². The number of esters is 1. The Hall–Kier alpha value is -3.47. The summed E-state index contributed by atoms with van der Waals surface area (Å²) in [7, 11) is 1.13. The monoisotopic (exact) mass is 658 g/mol. The Morgan fingerprint density at radius 3 is 2.23 bits per heavy atom. The van der Waals surface area contributed by atoms with E-state index in [1.165, 1.54) is 31.2 Å². The summed E-state index contributed by atoms with van der Waals surface area (Å²) in [5.41, 5.74) is -2.83. The second-order valence-corrected chi connectivity index (χ2v) is 12.9. The molecule has 0 unspecified atom stereocenters. The quantitative estimate of drug-likeness (QED) is 0.212. The molecule has 11 atom stereocenters. The van der Waals surface area contributed by atoms with Crippen LogP contribution in [0.25, 0.3) is 0 Å². The van der Waals surface area contributed by atoms with Gasteiger partial charge in [0.05, 0.1) is 54.4 Å². The van der Waals surface area contributed by atoms with Gasteiger partial charge in [-0.25, -0.2) is 0 Å². The Bertz CT molecular complexity index is 1580. The number of ether oxygens (including phenoxy) is 5. The smallest absolute Gasteiger partial charge is 0.316 e. The molecule has 2 saturated heterocycles. The average Bonchev–Trinajstić information content (AvgIpc) is 2.99. The van der Waals surface area contributed by atoms with Gasteiger partial charge in [-0.05, 0) is 38.5 Å². The van der Waals surface area contributed by atoms with E-state index in [-0.39, 0.29) is 52.6 Å². The van der Waals surface area contributed by atoms with E-state index in [1.807, 2.05) is 0 Å². The molecule has 2 fully saturated rings. The fourth-order valence-electron chi connectivity index (χ4n) is 7.25. The maximum absolute atomic E-state index is 13.7. The molecule has 2 aromatic rings. The molecular weight excluding hydrogens is 620 g/mol. The molecule has 2 aliphatic heterocycles. The van der Waals surface area contributed by atoms with Crippen molar-refractivity contribution in [2.45, 2.75) is 107 Å². The minimum atomic E-state index is -1.83. The number of phenols is 2. The van der Waals surface area contributed by atoms with Crippen molar-refractivity contribution in [3.05, 3.63) is 57.6 Å².